The Morgan fingerprint density at radius 1 is 1.02 bits per heavy atom. The van der Waals surface area contributed by atoms with E-state index >= 15 is 0 Å². The van der Waals surface area contributed by atoms with Crippen LogP contribution in [0.1, 0.15) is 32.9 Å². The lowest BCUT2D eigenvalue weighted by Gasteiger charge is -2.33. The SMILES string of the molecule is COc1nnc(NC(=O)c2ccc(CN3CCN(C)CC3)c(C(F)(F)F)c2)cc1C#Cc1nnc2ccccn12. The molecule has 1 saturated heterocycles. The normalized spacial score (nSPS) is 14.5. The second-order valence-corrected chi connectivity index (χ2v) is 9.26. The van der Waals surface area contributed by atoms with Crippen molar-refractivity contribution >= 4 is 17.4 Å². The molecule has 3 aromatic heterocycles. The smallest absolute Gasteiger partial charge is 0.416 e. The van der Waals surface area contributed by atoms with E-state index in [0.29, 0.717) is 30.1 Å². The molecule has 5 rings (SSSR count). The van der Waals surface area contributed by atoms with Gasteiger partial charge >= 0.3 is 6.18 Å². The van der Waals surface area contributed by atoms with E-state index in [1.165, 1.54) is 25.3 Å². The maximum atomic E-state index is 13.9. The quantitative estimate of drug-likeness (QED) is 0.379. The highest BCUT2D eigenvalue weighted by molar-refractivity contribution is 6.04. The topological polar surface area (TPSA) is 101 Å². The number of likely N-dealkylation sites (N-methyl/N-ethyl adjacent to an activating group) is 1. The zero-order valence-corrected chi connectivity index (χ0v) is 21.7. The van der Waals surface area contributed by atoms with Crippen molar-refractivity contribution < 1.29 is 22.7 Å². The van der Waals surface area contributed by atoms with E-state index in [1.54, 1.807) is 16.7 Å². The van der Waals surface area contributed by atoms with Gasteiger partial charge in [-0.2, -0.15) is 13.2 Å². The number of halogens is 3. The van der Waals surface area contributed by atoms with Gasteiger partial charge in [0, 0.05) is 50.6 Å². The minimum Gasteiger partial charge on any atom is -0.479 e. The summed E-state index contributed by atoms with van der Waals surface area (Å²) >= 11 is 0. The summed E-state index contributed by atoms with van der Waals surface area (Å²) in [6.07, 6.45) is -2.86. The van der Waals surface area contributed by atoms with E-state index in [2.05, 4.69) is 42.5 Å². The van der Waals surface area contributed by atoms with Crippen LogP contribution >= 0.6 is 0 Å². The van der Waals surface area contributed by atoms with Crippen molar-refractivity contribution in [2.45, 2.75) is 12.7 Å². The average molecular weight is 551 g/mol. The number of benzene rings is 1. The molecule has 1 aliphatic rings. The number of hydrogen-bond acceptors (Lipinski definition) is 8. The molecule has 40 heavy (non-hydrogen) atoms. The number of amides is 1. The molecule has 0 saturated carbocycles. The Balaban J connectivity index is 1.37. The van der Waals surface area contributed by atoms with Gasteiger partial charge in [-0.05, 0) is 42.8 Å². The van der Waals surface area contributed by atoms with Crippen molar-refractivity contribution in [1.82, 2.24) is 34.6 Å². The average Bonchev–Trinajstić information content (AvgIpc) is 3.36. The van der Waals surface area contributed by atoms with Crippen LogP contribution in [0.4, 0.5) is 19.0 Å². The standard InChI is InChI=1S/C27H25F3N8O2/c1-36-11-13-37(14-12-36)17-20-7-6-18(15-21(20)27(28,29)30)25(39)31-22-16-19(26(40-2)35-32-22)8-9-24-34-33-23-5-3-4-10-38(23)24/h3-7,10,15-16H,11-14,17H2,1-2H3,(H,31,32,39). The lowest BCUT2D eigenvalue weighted by Crippen LogP contribution is -2.44. The van der Waals surface area contributed by atoms with Crippen LogP contribution in [0, 0.1) is 11.8 Å². The number of anilines is 1. The van der Waals surface area contributed by atoms with E-state index in [-0.39, 0.29) is 29.4 Å². The molecule has 0 spiro atoms. The zero-order chi connectivity index (χ0) is 28.3. The lowest BCUT2D eigenvalue weighted by molar-refractivity contribution is -0.138. The fourth-order valence-corrected chi connectivity index (χ4v) is 4.29. The minimum atomic E-state index is -4.62. The van der Waals surface area contributed by atoms with E-state index in [1.807, 2.05) is 24.1 Å². The molecule has 0 unspecified atom stereocenters. The molecule has 1 aromatic carbocycles. The number of fused-ring (bicyclic) bond motifs is 1. The molecule has 1 aliphatic heterocycles. The summed E-state index contributed by atoms with van der Waals surface area (Å²) in [5.41, 5.74) is 0.0318. The van der Waals surface area contributed by atoms with Gasteiger partial charge in [-0.1, -0.05) is 18.1 Å². The van der Waals surface area contributed by atoms with E-state index in [4.69, 9.17) is 4.74 Å². The monoisotopic (exact) mass is 550 g/mol. The Bertz CT molecular complexity index is 1600. The zero-order valence-electron chi connectivity index (χ0n) is 21.7. The molecule has 0 radical (unpaired) electrons. The first-order valence-corrected chi connectivity index (χ1v) is 12.4. The molecule has 0 bridgehead atoms. The van der Waals surface area contributed by atoms with Crippen molar-refractivity contribution in [3.63, 3.8) is 0 Å². The van der Waals surface area contributed by atoms with Gasteiger partial charge < -0.3 is 15.0 Å². The summed E-state index contributed by atoms with van der Waals surface area (Å²) in [6.45, 7) is 3.06. The predicted octanol–water partition coefficient (Wildman–Crippen LogP) is 2.95. The molecule has 13 heteroatoms. The Morgan fingerprint density at radius 2 is 1.82 bits per heavy atom. The molecular weight excluding hydrogens is 525 g/mol. The van der Waals surface area contributed by atoms with Crippen LogP contribution in [-0.2, 0) is 12.7 Å². The number of nitrogens with one attached hydrogen (secondary N) is 1. The fourth-order valence-electron chi connectivity index (χ4n) is 4.29. The molecule has 1 amide bonds. The van der Waals surface area contributed by atoms with Gasteiger partial charge in [0.25, 0.3) is 5.91 Å². The van der Waals surface area contributed by atoms with Crippen LogP contribution in [0.5, 0.6) is 5.88 Å². The van der Waals surface area contributed by atoms with Crippen LogP contribution < -0.4 is 10.1 Å². The van der Waals surface area contributed by atoms with Gasteiger partial charge in [0.05, 0.1) is 18.2 Å². The third kappa shape index (κ3) is 6.03. The van der Waals surface area contributed by atoms with Crippen molar-refractivity contribution in [1.29, 1.82) is 0 Å². The number of alkyl halides is 3. The molecule has 1 fully saturated rings. The summed E-state index contributed by atoms with van der Waals surface area (Å²) in [5, 5.41) is 18.4. The number of pyridine rings is 1. The Kier molecular flexibility index (Phi) is 7.63. The summed E-state index contributed by atoms with van der Waals surface area (Å²) in [6, 6.07) is 10.4. The number of aromatic nitrogens is 5. The van der Waals surface area contributed by atoms with Crippen LogP contribution in [0.2, 0.25) is 0 Å². The van der Waals surface area contributed by atoms with Gasteiger partial charge in [-0.15, -0.1) is 20.4 Å². The highest BCUT2D eigenvalue weighted by Gasteiger charge is 2.34. The number of rotatable bonds is 5. The molecule has 206 valence electrons. The van der Waals surface area contributed by atoms with Gasteiger partial charge in [-0.3, -0.25) is 14.1 Å². The van der Waals surface area contributed by atoms with Gasteiger partial charge in [0.15, 0.2) is 11.5 Å². The van der Waals surface area contributed by atoms with Crippen LogP contribution in [0.15, 0.2) is 48.7 Å². The second-order valence-electron chi connectivity index (χ2n) is 9.26. The second kappa shape index (κ2) is 11.3. The van der Waals surface area contributed by atoms with Crippen molar-refractivity contribution in [3.05, 3.63) is 76.7 Å². The third-order valence-corrected chi connectivity index (χ3v) is 6.48. The summed E-state index contributed by atoms with van der Waals surface area (Å²) in [7, 11) is 3.37. The van der Waals surface area contributed by atoms with Crippen LogP contribution in [0.25, 0.3) is 5.65 Å². The summed E-state index contributed by atoms with van der Waals surface area (Å²) in [5.74, 6) is 5.47. The van der Waals surface area contributed by atoms with Crippen LogP contribution in [0.3, 0.4) is 0 Å². The van der Waals surface area contributed by atoms with Gasteiger partial charge in [0.1, 0.15) is 0 Å². The Labute approximate surface area is 227 Å². The molecule has 4 heterocycles. The van der Waals surface area contributed by atoms with Crippen molar-refractivity contribution in [2.24, 2.45) is 0 Å². The number of nitrogens with zero attached hydrogens (tertiary/aromatic N) is 7. The number of carbonyl (C=O) groups excluding carboxylic acids is 1. The Hall–Kier alpha value is -4.54. The number of hydrogen-bond donors (Lipinski definition) is 1. The Morgan fingerprint density at radius 3 is 2.58 bits per heavy atom. The molecule has 0 aliphatic carbocycles. The first kappa shape index (κ1) is 27.0. The number of ether oxygens (including phenoxy) is 1. The molecule has 0 atom stereocenters. The summed E-state index contributed by atoms with van der Waals surface area (Å²) in [4.78, 5) is 17.0. The maximum Gasteiger partial charge on any atom is 0.416 e. The highest BCUT2D eigenvalue weighted by atomic mass is 19.4. The molecule has 10 nitrogen and oxygen atoms in total. The number of piperazine rings is 1. The third-order valence-electron chi connectivity index (χ3n) is 6.48. The first-order valence-electron chi connectivity index (χ1n) is 12.4. The fraction of sp³-hybridized carbons (Fsp3) is 0.296. The van der Waals surface area contributed by atoms with E-state index in [9.17, 15) is 18.0 Å². The lowest BCUT2D eigenvalue weighted by atomic mass is 10.0. The first-order chi connectivity index (χ1) is 19.2. The van der Waals surface area contributed by atoms with Crippen molar-refractivity contribution in [3.8, 4) is 17.7 Å². The summed E-state index contributed by atoms with van der Waals surface area (Å²) < 4.78 is 48.8. The predicted molar refractivity (Wildman–Crippen MR) is 140 cm³/mol. The highest BCUT2D eigenvalue weighted by Crippen LogP contribution is 2.33. The molecular formula is C27H25F3N8O2. The van der Waals surface area contributed by atoms with Crippen molar-refractivity contribution in [2.75, 3.05) is 45.7 Å². The van der Waals surface area contributed by atoms with Gasteiger partial charge in [0.2, 0.25) is 11.7 Å². The largest absolute Gasteiger partial charge is 0.479 e. The van der Waals surface area contributed by atoms with E-state index in [0.717, 1.165) is 19.2 Å². The van der Waals surface area contributed by atoms with Gasteiger partial charge in [-0.25, -0.2) is 0 Å². The maximum absolute atomic E-state index is 13.9. The molecule has 1 N–H and O–H groups in total. The number of carbonyl (C=O) groups is 1. The van der Waals surface area contributed by atoms with E-state index < -0.39 is 17.6 Å². The molecule has 4 aromatic rings. The number of methoxy groups -OCH3 is 1. The van der Waals surface area contributed by atoms with Crippen LogP contribution in [-0.4, -0.2) is 80.8 Å². The minimum absolute atomic E-state index is 0.00345.